The van der Waals surface area contributed by atoms with Crippen molar-refractivity contribution in [2.45, 2.75) is 6.42 Å². The third kappa shape index (κ3) is 2.04. The van der Waals surface area contributed by atoms with Gasteiger partial charge in [0.25, 0.3) is 5.69 Å². The van der Waals surface area contributed by atoms with E-state index in [9.17, 15) is 10.1 Å². The largest absolute Gasteiger partial charge is 0.490 e. The Hall–Kier alpha value is -1.30. The molecular formula is C9H8BrNO4. The lowest BCUT2D eigenvalue weighted by atomic mass is 10.3. The Labute approximate surface area is 94.3 Å². The molecule has 0 bridgehead atoms. The van der Waals surface area contributed by atoms with Crippen LogP contribution in [0.15, 0.2) is 16.6 Å². The lowest BCUT2D eigenvalue weighted by molar-refractivity contribution is -0.385. The van der Waals surface area contributed by atoms with Gasteiger partial charge in [0.05, 0.1) is 28.7 Å². The number of nitro groups is 1. The van der Waals surface area contributed by atoms with Crippen LogP contribution in [0.1, 0.15) is 6.42 Å². The standard InChI is InChI=1S/C9H8BrNO4/c10-6-4-8-9(5-7(6)11(12)13)15-3-1-2-14-8/h4-5H,1-3H2. The molecule has 1 aromatic rings. The first-order chi connectivity index (χ1) is 7.18. The number of halogens is 1. The predicted molar refractivity (Wildman–Crippen MR) is 56.4 cm³/mol. The number of rotatable bonds is 1. The van der Waals surface area contributed by atoms with Gasteiger partial charge in [-0.25, -0.2) is 0 Å². The molecule has 80 valence electrons. The molecule has 0 spiro atoms. The molecule has 0 radical (unpaired) electrons. The van der Waals surface area contributed by atoms with Crippen LogP contribution in [-0.4, -0.2) is 18.1 Å². The van der Waals surface area contributed by atoms with E-state index in [1.807, 2.05) is 0 Å². The molecule has 2 rings (SSSR count). The number of nitrogens with zero attached hydrogens (tertiary/aromatic N) is 1. The normalized spacial score (nSPS) is 14.5. The van der Waals surface area contributed by atoms with E-state index in [0.717, 1.165) is 6.42 Å². The Bertz CT molecular complexity index is 407. The van der Waals surface area contributed by atoms with Gasteiger partial charge in [0.1, 0.15) is 0 Å². The molecule has 1 aromatic carbocycles. The van der Waals surface area contributed by atoms with E-state index in [2.05, 4.69) is 15.9 Å². The number of fused-ring (bicyclic) bond motifs is 1. The lowest BCUT2D eigenvalue weighted by Gasteiger charge is -2.07. The molecule has 0 atom stereocenters. The van der Waals surface area contributed by atoms with E-state index >= 15 is 0 Å². The summed E-state index contributed by atoms with van der Waals surface area (Å²) in [5.74, 6) is 0.979. The van der Waals surface area contributed by atoms with E-state index in [1.165, 1.54) is 6.07 Å². The molecule has 15 heavy (non-hydrogen) atoms. The topological polar surface area (TPSA) is 61.6 Å². The van der Waals surface area contributed by atoms with E-state index in [0.29, 0.717) is 29.2 Å². The summed E-state index contributed by atoms with van der Waals surface area (Å²) in [5.41, 5.74) is -0.0146. The van der Waals surface area contributed by atoms with Gasteiger partial charge in [-0.2, -0.15) is 0 Å². The lowest BCUT2D eigenvalue weighted by Crippen LogP contribution is -1.97. The van der Waals surface area contributed by atoms with Crippen LogP contribution >= 0.6 is 15.9 Å². The molecule has 0 amide bonds. The van der Waals surface area contributed by atoms with Crippen molar-refractivity contribution in [1.29, 1.82) is 0 Å². The van der Waals surface area contributed by atoms with Crippen molar-refractivity contribution in [3.05, 3.63) is 26.7 Å². The third-order valence-electron chi connectivity index (χ3n) is 2.01. The SMILES string of the molecule is O=[N+]([O-])c1cc2c(cc1Br)OCCCO2. The van der Waals surface area contributed by atoms with Crippen LogP contribution in [0.2, 0.25) is 0 Å². The zero-order chi connectivity index (χ0) is 10.8. The summed E-state index contributed by atoms with van der Waals surface area (Å²) in [5, 5.41) is 10.7. The smallest absolute Gasteiger partial charge is 0.287 e. The number of nitro benzene ring substituents is 1. The zero-order valence-electron chi connectivity index (χ0n) is 7.73. The zero-order valence-corrected chi connectivity index (χ0v) is 9.32. The maximum atomic E-state index is 10.7. The fraction of sp³-hybridized carbons (Fsp3) is 0.333. The van der Waals surface area contributed by atoms with Gasteiger partial charge in [-0.1, -0.05) is 0 Å². The summed E-state index contributed by atoms with van der Waals surface area (Å²) in [6.07, 6.45) is 0.778. The number of benzene rings is 1. The molecule has 0 fully saturated rings. The van der Waals surface area contributed by atoms with Crippen molar-refractivity contribution >= 4 is 21.6 Å². The summed E-state index contributed by atoms with van der Waals surface area (Å²) in [6, 6.07) is 2.95. The Balaban J connectivity index is 2.47. The molecule has 0 N–H and O–H groups in total. The van der Waals surface area contributed by atoms with Crippen molar-refractivity contribution in [2.75, 3.05) is 13.2 Å². The molecule has 0 saturated carbocycles. The van der Waals surface area contributed by atoms with Crippen molar-refractivity contribution in [2.24, 2.45) is 0 Å². The van der Waals surface area contributed by atoms with Gasteiger partial charge < -0.3 is 9.47 Å². The van der Waals surface area contributed by atoms with Gasteiger partial charge in [0.2, 0.25) is 0 Å². The summed E-state index contributed by atoms with van der Waals surface area (Å²) in [4.78, 5) is 10.2. The van der Waals surface area contributed by atoms with Crippen LogP contribution in [0, 0.1) is 10.1 Å². The Kier molecular flexibility index (Phi) is 2.77. The van der Waals surface area contributed by atoms with Crippen molar-refractivity contribution in [1.82, 2.24) is 0 Å². The monoisotopic (exact) mass is 273 g/mol. The molecule has 1 heterocycles. The third-order valence-corrected chi connectivity index (χ3v) is 2.65. The fourth-order valence-electron chi connectivity index (χ4n) is 1.31. The highest BCUT2D eigenvalue weighted by Crippen LogP contribution is 2.38. The molecule has 0 aromatic heterocycles. The van der Waals surface area contributed by atoms with Crippen molar-refractivity contribution in [3.8, 4) is 11.5 Å². The van der Waals surface area contributed by atoms with Crippen LogP contribution < -0.4 is 9.47 Å². The number of ether oxygens (including phenoxy) is 2. The first kappa shape index (κ1) is 10.2. The van der Waals surface area contributed by atoms with Gasteiger partial charge in [-0.05, 0) is 15.9 Å². The second kappa shape index (κ2) is 4.06. The van der Waals surface area contributed by atoms with E-state index < -0.39 is 4.92 Å². The first-order valence-corrected chi connectivity index (χ1v) is 5.21. The van der Waals surface area contributed by atoms with Crippen LogP contribution in [-0.2, 0) is 0 Å². The van der Waals surface area contributed by atoms with Gasteiger partial charge in [-0.3, -0.25) is 10.1 Å². The van der Waals surface area contributed by atoms with Gasteiger partial charge in [-0.15, -0.1) is 0 Å². The van der Waals surface area contributed by atoms with E-state index in [1.54, 1.807) is 6.07 Å². The van der Waals surface area contributed by atoms with Gasteiger partial charge >= 0.3 is 0 Å². The van der Waals surface area contributed by atoms with Crippen molar-refractivity contribution < 1.29 is 14.4 Å². The minimum absolute atomic E-state index is 0.0146. The molecule has 5 nitrogen and oxygen atoms in total. The molecule has 0 aliphatic carbocycles. The molecule has 0 unspecified atom stereocenters. The Morgan fingerprint density at radius 2 is 1.87 bits per heavy atom. The molecule has 0 saturated heterocycles. The summed E-state index contributed by atoms with van der Waals surface area (Å²) >= 11 is 3.12. The Morgan fingerprint density at radius 1 is 1.27 bits per heavy atom. The van der Waals surface area contributed by atoms with Crippen LogP contribution in [0.5, 0.6) is 11.5 Å². The summed E-state index contributed by atoms with van der Waals surface area (Å²) in [6.45, 7) is 1.09. The molecule has 6 heteroatoms. The van der Waals surface area contributed by atoms with Gasteiger partial charge in [0, 0.05) is 12.5 Å². The maximum Gasteiger partial charge on any atom is 0.287 e. The molecule has 1 aliphatic rings. The van der Waals surface area contributed by atoms with Gasteiger partial charge in [0.15, 0.2) is 11.5 Å². The van der Waals surface area contributed by atoms with Crippen LogP contribution in [0.4, 0.5) is 5.69 Å². The Morgan fingerprint density at radius 3 is 2.47 bits per heavy atom. The van der Waals surface area contributed by atoms with E-state index in [4.69, 9.17) is 9.47 Å². The highest BCUT2D eigenvalue weighted by molar-refractivity contribution is 9.10. The highest BCUT2D eigenvalue weighted by atomic mass is 79.9. The molecule has 1 aliphatic heterocycles. The minimum atomic E-state index is -0.460. The van der Waals surface area contributed by atoms with E-state index in [-0.39, 0.29) is 5.69 Å². The van der Waals surface area contributed by atoms with Crippen LogP contribution in [0.3, 0.4) is 0 Å². The fourth-order valence-corrected chi connectivity index (χ4v) is 1.78. The maximum absolute atomic E-state index is 10.7. The quantitative estimate of drug-likeness (QED) is 0.583. The second-order valence-electron chi connectivity index (χ2n) is 3.06. The van der Waals surface area contributed by atoms with Crippen LogP contribution in [0.25, 0.3) is 0 Å². The average molecular weight is 274 g/mol. The van der Waals surface area contributed by atoms with Crippen molar-refractivity contribution in [3.63, 3.8) is 0 Å². The number of hydrogen-bond acceptors (Lipinski definition) is 4. The molecular weight excluding hydrogens is 266 g/mol. The summed E-state index contributed by atoms with van der Waals surface area (Å²) in [7, 11) is 0. The average Bonchev–Trinajstić information content (AvgIpc) is 2.40. The second-order valence-corrected chi connectivity index (χ2v) is 3.91. The minimum Gasteiger partial charge on any atom is -0.490 e. The number of hydrogen-bond donors (Lipinski definition) is 0. The predicted octanol–water partition coefficient (Wildman–Crippen LogP) is 2.52. The first-order valence-electron chi connectivity index (χ1n) is 4.42. The highest BCUT2D eigenvalue weighted by Gasteiger charge is 2.19. The summed E-state index contributed by atoms with van der Waals surface area (Å²) < 4.78 is 11.1.